The van der Waals surface area contributed by atoms with Crippen molar-refractivity contribution < 1.29 is 9.59 Å². The molecule has 6 heteroatoms. The van der Waals surface area contributed by atoms with Crippen LogP contribution in [-0.4, -0.2) is 16.9 Å². The molecule has 152 valence electrons. The Morgan fingerprint density at radius 2 is 1.50 bits per heavy atom. The van der Waals surface area contributed by atoms with Crippen LogP contribution < -0.4 is 16.0 Å². The fourth-order valence-corrected chi connectivity index (χ4v) is 3.11. The number of nitrogens with one attached hydrogen (secondary N) is 3. The molecule has 3 aromatic rings. The summed E-state index contributed by atoms with van der Waals surface area (Å²) in [6, 6.07) is 24.4. The third-order valence-electron chi connectivity index (χ3n) is 4.42. The number of hydrogen-bond donors (Lipinski definition) is 3. The second-order valence-corrected chi connectivity index (χ2v) is 7.30. The second-order valence-electron chi connectivity index (χ2n) is 6.89. The molecule has 0 saturated carbocycles. The number of anilines is 2. The maximum absolute atomic E-state index is 12.3. The van der Waals surface area contributed by atoms with Crippen LogP contribution in [-0.2, 0) is 11.2 Å². The molecular weight excluding hydrogens is 394 g/mol. The third kappa shape index (κ3) is 6.53. The third-order valence-corrected chi connectivity index (χ3v) is 4.62. The zero-order valence-corrected chi connectivity index (χ0v) is 17.5. The molecule has 0 spiro atoms. The summed E-state index contributed by atoms with van der Waals surface area (Å²) in [5.41, 5.74) is 4.13. The van der Waals surface area contributed by atoms with Crippen molar-refractivity contribution in [1.29, 1.82) is 0 Å². The topological polar surface area (TPSA) is 70.2 Å². The highest BCUT2D eigenvalue weighted by Crippen LogP contribution is 2.15. The monoisotopic (exact) mass is 417 g/mol. The molecule has 0 atom stereocenters. The van der Waals surface area contributed by atoms with Gasteiger partial charge in [0.2, 0.25) is 5.91 Å². The van der Waals surface area contributed by atoms with Gasteiger partial charge in [0.25, 0.3) is 5.91 Å². The fourth-order valence-electron chi connectivity index (χ4n) is 2.88. The first-order valence-electron chi connectivity index (χ1n) is 9.62. The minimum Gasteiger partial charge on any atom is -0.332 e. The van der Waals surface area contributed by atoms with Gasteiger partial charge >= 0.3 is 0 Å². The Morgan fingerprint density at radius 3 is 2.17 bits per heavy atom. The van der Waals surface area contributed by atoms with Crippen LogP contribution in [0.5, 0.6) is 0 Å². The first-order valence-corrected chi connectivity index (χ1v) is 10.0. The molecule has 5 nitrogen and oxygen atoms in total. The van der Waals surface area contributed by atoms with E-state index >= 15 is 0 Å². The highest BCUT2D eigenvalue weighted by atomic mass is 32.1. The van der Waals surface area contributed by atoms with E-state index in [1.807, 2.05) is 55.5 Å². The van der Waals surface area contributed by atoms with Crippen LogP contribution in [0.15, 0.2) is 78.9 Å². The highest BCUT2D eigenvalue weighted by Gasteiger charge is 2.08. The molecule has 30 heavy (non-hydrogen) atoms. The van der Waals surface area contributed by atoms with Crippen LogP contribution in [0.1, 0.15) is 27.9 Å². The molecule has 3 rings (SSSR count). The van der Waals surface area contributed by atoms with Gasteiger partial charge in [-0.25, -0.2) is 0 Å². The number of hydrogen-bond acceptors (Lipinski definition) is 3. The van der Waals surface area contributed by atoms with Crippen molar-refractivity contribution in [3.8, 4) is 0 Å². The quantitative estimate of drug-likeness (QED) is 0.509. The predicted molar refractivity (Wildman–Crippen MR) is 125 cm³/mol. The summed E-state index contributed by atoms with van der Waals surface area (Å²) in [6.45, 7) is 1.95. The first-order chi connectivity index (χ1) is 14.5. The van der Waals surface area contributed by atoms with E-state index < -0.39 is 0 Å². The SMILES string of the molecule is Cc1cccc(C(=O)Nc2ccc(NC(=S)NC(=O)CCc3ccccc3)cc2)c1. The first kappa shape index (κ1) is 21.2. The lowest BCUT2D eigenvalue weighted by Crippen LogP contribution is -2.34. The van der Waals surface area contributed by atoms with E-state index in [2.05, 4.69) is 16.0 Å². The van der Waals surface area contributed by atoms with E-state index in [1.54, 1.807) is 30.3 Å². The van der Waals surface area contributed by atoms with E-state index in [9.17, 15) is 9.59 Å². The normalized spacial score (nSPS) is 10.2. The summed E-state index contributed by atoms with van der Waals surface area (Å²) in [5, 5.41) is 8.76. The van der Waals surface area contributed by atoms with Crippen molar-refractivity contribution >= 4 is 40.5 Å². The molecule has 0 radical (unpaired) electrons. The Morgan fingerprint density at radius 1 is 0.833 bits per heavy atom. The summed E-state index contributed by atoms with van der Waals surface area (Å²) in [4.78, 5) is 24.4. The molecule has 0 unspecified atom stereocenters. The van der Waals surface area contributed by atoms with Gasteiger partial charge in [-0.2, -0.15) is 0 Å². The maximum Gasteiger partial charge on any atom is 0.255 e. The zero-order chi connectivity index (χ0) is 21.3. The molecular formula is C24H23N3O2S. The van der Waals surface area contributed by atoms with E-state index in [-0.39, 0.29) is 16.9 Å². The second kappa shape index (κ2) is 10.3. The van der Waals surface area contributed by atoms with Crippen LogP contribution in [0.25, 0.3) is 0 Å². The number of carbonyl (C=O) groups excluding carboxylic acids is 2. The summed E-state index contributed by atoms with van der Waals surface area (Å²) >= 11 is 5.21. The molecule has 0 fully saturated rings. The minimum atomic E-state index is -0.166. The van der Waals surface area contributed by atoms with E-state index in [0.29, 0.717) is 24.1 Å². The molecule has 3 aromatic carbocycles. The van der Waals surface area contributed by atoms with Crippen molar-refractivity contribution in [2.75, 3.05) is 10.6 Å². The van der Waals surface area contributed by atoms with Gasteiger partial charge in [0.15, 0.2) is 5.11 Å². The van der Waals surface area contributed by atoms with Crippen LogP contribution in [0, 0.1) is 6.92 Å². The number of benzene rings is 3. The number of amides is 2. The molecule has 0 aliphatic rings. The predicted octanol–water partition coefficient (Wildman–Crippen LogP) is 4.69. The van der Waals surface area contributed by atoms with Crippen molar-refractivity contribution in [3.05, 3.63) is 95.6 Å². The number of carbonyl (C=O) groups is 2. The molecule has 0 aromatic heterocycles. The van der Waals surface area contributed by atoms with Crippen LogP contribution in [0.4, 0.5) is 11.4 Å². The summed E-state index contributed by atoms with van der Waals surface area (Å²) < 4.78 is 0. The van der Waals surface area contributed by atoms with Gasteiger partial charge in [0, 0.05) is 23.4 Å². The smallest absolute Gasteiger partial charge is 0.255 e. The number of thiocarbonyl (C=S) groups is 1. The highest BCUT2D eigenvalue weighted by molar-refractivity contribution is 7.80. The summed E-state index contributed by atoms with van der Waals surface area (Å²) in [6.07, 6.45) is 1.01. The summed E-state index contributed by atoms with van der Waals surface area (Å²) in [5.74, 6) is -0.306. The Balaban J connectivity index is 1.47. The molecule has 0 bridgehead atoms. The van der Waals surface area contributed by atoms with Crippen molar-refractivity contribution in [2.45, 2.75) is 19.8 Å². The van der Waals surface area contributed by atoms with Gasteiger partial charge in [-0.15, -0.1) is 0 Å². The van der Waals surface area contributed by atoms with Gasteiger partial charge in [0.05, 0.1) is 0 Å². The lowest BCUT2D eigenvalue weighted by Gasteiger charge is -2.11. The molecule has 0 aliphatic heterocycles. The summed E-state index contributed by atoms with van der Waals surface area (Å²) in [7, 11) is 0. The largest absolute Gasteiger partial charge is 0.332 e. The lowest BCUT2D eigenvalue weighted by molar-refractivity contribution is -0.119. The van der Waals surface area contributed by atoms with Gasteiger partial charge in [-0.05, 0) is 67.5 Å². The van der Waals surface area contributed by atoms with Crippen LogP contribution >= 0.6 is 12.2 Å². The maximum atomic E-state index is 12.3. The van der Waals surface area contributed by atoms with E-state index in [1.165, 1.54) is 0 Å². The van der Waals surface area contributed by atoms with Gasteiger partial charge in [-0.3, -0.25) is 9.59 Å². The Hall–Kier alpha value is -3.51. The molecule has 0 saturated heterocycles. The van der Waals surface area contributed by atoms with Gasteiger partial charge < -0.3 is 16.0 Å². The molecule has 0 heterocycles. The molecule has 3 N–H and O–H groups in total. The zero-order valence-electron chi connectivity index (χ0n) is 16.6. The Bertz CT molecular complexity index is 1030. The number of aryl methyl sites for hydroxylation is 2. The van der Waals surface area contributed by atoms with Crippen molar-refractivity contribution in [3.63, 3.8) is 0 Å². The molecule has 2 amide bonds. The van der Waals surface area contributed by atoms with Gasteiger partial charge in [-0.1, -0.05) is 48.0 Å². The standard InChI is InChI=1S/C24H23N3O2S/c1-17-6-5-9-19(16-17)23(29)25-20-11-13-21(14-12-20)26-24(30)27-22(28)15-10-18-7-3-2-4-8-18/h2-9,11-14,16H,10,15H2,1H3,(H,25,29)(H2,26,27,28,30). The lowest BCUT2D eigenvalue weighted by atomic mass is 10.1. The van der Waals surface area contributed by atoms with Gasteiger partial charge in [0.1, 0.15) is 0 Å². The minimum absolute atomic E-state index is 0.140. The van der Waals surface area contributed by atoms with E-state index in [4.69, 9.17) is 12.2 Å². The van der Waals surface area contributed by atoms with Crippen LogP contribution in [0.2, 0.25) is 0 Å². The molecule has 0 aliphatic carbocycles. The Kier molecular flexibility index (Phi) is 7.29. The average Bonchev–Trinajstić information content (AvgIpc) is 2.74. The van der Waals surface area contributed by atoms with Crippen LogP contribution in [0.3, 0.4) is 0 Å². The van der Waals surface area contributed by atoms with E-state index in [0.717, 1.165) is 16.8 Å². The average molecular weight is 418 g/mol. The van der Waals surface area contributed by atoms with Crippen molar-refractivity contribution in [1.82, 2.24) is 5.32 Å². The number of rotatable bonds is 6. The fraction of sp³-hybridized carbons (Fsp3) is 0.125. The Labute approximate surface area is 181 Å². The van der Waals surface area contributed by atoms with Crippen molar-refractivity contribution in [2.24, 2.45) is 0 Å².